The van der Waals surface area contributed by atoms with Crippen LogP contribution in [0, 0.1) is 0 Å². The molecule has 0 spiro atoms. The summed E-state index contributed by atoms with van der Waals surface area (Å²) in [7, 11) is 0. The number of benzene rings is 1. The van der Waals surface area contributed by atoms with E-state index in [0.29, 0.717) is 36.0 Å². The molecule has 0 amide bonds. The molecule has 0 saturated carbocycles. The van der Waals surface area contributed by atoms with Gasteiger partial charge in [-0.2, -0.15) is 0 Å². The minimum Gasteiger partial charge on any atom is -0.504 e. The highest BCUT2D eigenvalue weighted by molar-refractivity contribution is 5.70. The number of unbranched alkanes of at least 4 members (excludes halogenated alkanes) is 1. The molecule has 0 saturated heterocycles. The van der Waals surface area contributed by atoms with Crippen LogP contribution in [0.3, 0.4) is 0 Å². The van der Waals surface area contributed by atoms with E-state index in [1.165, 1.54) is 0 Å². The van der Waals surface area contributed by atoms with Gasteiger partial charge in [-0.3, -0.25) is 4.79 Å². The first-order valence-corrected chi connectivity index (χ1v) is 8.26. The van der Waals surface area contributed by atoms with E-state index in [1.54, 1.807) is 25.1 Å². The number of aliphatic hydroxyl groups excluding tert-OH is 1. The Kier molecular flexibility index (Phi) is 6.78. The van der Waals surface area contributed by atoms with Crippen LogP contribution in [0.5, 0.6) is 11.5 Å². The normalized spacial score (nSPS) is 13.1. The number of carbonyl (C=O) groups is 1. The number of fused-ring (bicyclic) bond motifs is 1. The maximum atomic E-state index is 11.3. The van der Waals surface area contributed by atoms with Crippen molar-refractivity contribution in [2.75, 3.05) is 26.4 Å². The molecule has 6 nitrogen and oxygen atoms in total. The Labute approximate surface area is 142 Å². The maximum Gasteiger partial charge on any atom is 0.309 e. The largest absolute Gasteiger partial charge is 0.504 e. The molecule has 0 aromatic heterocycles. The Morgan fingerprint density at radius 2 is 2.08 bits per heavy atom. The Hall–Kier alpha value is -2.37. The molecular weight excluding hydrogens is 312 g/mol. The summed E-state index contributed by atoms with van der Waals surface area (Å²) in [5.41, 5.74) is 0.575. The monoisotopic (exact) mass is 336 g/mol. The second kappa shape index (κ2) is 9.05. The zero-order valence-electron chi connectivity index (χ0n) is 14.2. The summed E-state index contributed by atoms with van der Waals surface area (Å²) < 4.78 is 21.5. The van der Waals surface area contributed by atoms with E-state index in [9.17, 15) is 9.90 Å². The highest BCUT2D eigenvalue weighted by Gasteiger charge is 2.21. The molecule has 0 unspecified atom stereocenters. The summed E-state index contributed by atoms with van der Waals surface area (Å²) in [6.45, 7) is 5.18. The second-order valence-corrected chi connectivity index (χ2v) is 5.32. The third-order valence-corrected chi connectivity index (χ3v) is 3.49. The molecule has 0 radical (unpaired) electrons. The summed E-state index contributed by atoms with van der Waals surface area (Å²) in [4.78, 5) is 11.3. The van der Waals surface area contributed by atoms with E-state index in [0.717, 1.165) is 12.8 Å². The van der Waals surface area contributed by atoms with Crippen molar-refractivity contribution >= 4 is 11.7 Å². The Bertz CT molecular complexity index is 593. The number of esters is 1. The van der Waals surface area contributed by atoms with Crippen LogP contribution in [0.15, 0.2) is 24.0 Å². The molecule has 1 aliphatic heterocycles. The van der Waals surface area contributed by atoms with Gasteiger partial charge in [0, 0.05) is 6.07 Å². The van der Waals surface area contributed by atoms with Crippen LogP contribution in [0.4, 0.5) is 0 Å². The van der Waals surface area contributed by atoms with Crippen molar-refractivity contribution in [2.24, 2.45) is 0 Å². The van der Waals surface area contributed by atoms with Gasteiger partial charge in [0.05, 0.1) is 31.8 Å². The molecule has 0 fully saturated rings. The van der Waals surface area contributed by atoms with Gasteiger partial charge < -0.3 is 24.1 Å². The van der Waals surface area contributed by atoms with Gasteiger partial charge in [0.1, 0.15) is 18.1 Å². The molecule has 1 N–H and O–H groups in total. The Morgan fingerprint density at radius 3 is 2.83 bits per heavy atom. The van der Waals surface area contributed by atoms with Crippen LogP contribution in [0.25, 0.3) is 5.76 Å². The Balaban J connectivity index is 1.96. The smallest absolute Gasteiger partial charge is 0.309 e. The van der Waals surface area contributed by atoms with Gasteiger partial charge in [-0.25, -0.2) is 0 Å². The minimum atomic E-state index is -0.291. The van der Waals surface area contributed by atoms with E-state index < -0.39 is 0 Å². The molecule has 1 aromatic carbocycles. The van der Waals surface area contributed by atoms with Crippen LogP contribution >= 0.6 is 0 Å². The van der Waals surface area contributed by atoms with Gasteiger partial charge >= 0.3 is 5.97 Å². The fourth-order valence-electron chi connectivity index (χ4n) is 2.20. The standard InChI is InChI=1S/C18H24O6/c1-3-5-9-23-16-12-24-15-11-13(6-7-14(15)18(16)20)22-10-8-17(19)21-4-2/h6-7,11,20H,3-5,8-10,12H2,1-2H3. The predicted molar refractivity (Wildman–Crippen MR) is 89.1 cm³/mol. The summed E-state index contributed by atoms with van der Waals surface area (Å²) in [6.07, 6.45) is 2.14. The zero-order chi connectivity index (χ0) is 17.4. The van der Waals surface area contributed by atoms with E-state index in [4.69, 9.17) is 18.9 Å². The van der Waals surface area contributed by atoms with Crippen molar-refractivity contribution in [1.82, 2.24) is 0 Å². The van der Waals surface area contributed by atoms with Crippen LogP contribution in [0.1, 0.15) is 38.7 Å². The van der Waals surface area contributed by atoms with Gasteiger partial charge in [0.15, 0.2) is 11.5 Å². The first-order chi connectivity index (χ1) is 11.7. The SMILES string of the molecule is CCCCOC1=C(O)c2ccc(OCCC(=O)OCC)cc2OC1. The number of carbonyl (C=O) groups excluding carboxylic acids is 1. The fraction of sp³-hybridized carbons (Fsp3) is 0.500. The predicted octanol–water partition coefficient (Wildman–Crippen LogP) is 3.45. The van der Waals surface area contributed by atoms with E-state index in [1.807, 2.05) is 0 Å². The molecular formula is C18H24O6. The van der Waals surface area contributed by atoms with Crippen molar-refractivity contribution in [2.45, 2.75) is 33.1 Å². The van der Waals surface area contributed by atoms with Crippen molar-refractivity contribution in [3.8, 4) is 11.5 Å². The first-order valence-electron chi connectivity index (χ1n) is 8.26. The number of aliphatic hydroxyl groups is 1. The number of rotatable bonds is 9. The number of hydrogen-bond acceptors (Lipinski definition) is 6. The van der Waals surface area contributed by atoms with Gasteiger partial charge in [0.2, 0.25) is 0 Å². The van der Waals surface area contributed by atoms with E-state index in [-0.39, 0.29) is 31.4 Å². The molecule has 1 heterocycles. The van der Waals surface area contributed by atoms with Gasteiger partial charge in [-0.05, 0) is 25.5 Å². The van der Waals surface area contributed by atoms with Crippen molar-refractivity contribution in [3.05, 3.63) is 29.5 Å². The lowest BCUT2D eigenvalue weighted by atomic mass is 10.1. The molecule has 0 atom stereocenters. The number of ether oxygens (including phenoxy) is 4. The number of hydrogen-bond donors (Lipinski definition) is 1. The fourth-order valence-corrected chi connectivity index (χ4v) is 2.20. The summed E-state index contributed by atoms with van der Waals surface area (Å²) >= 11 is 0. The van der Waals surface area contributed by atoms with Crippen LogP contribution in [-0.2, 0) is 14.3 Å². The summed E-state index contributed by atoms with van der Waals surface area (Å²) in [5, 5.41) is 10.3. The lowest BCUT2D eigenvalue weighted by Crippen LogP contribution is -2.14. The molecule has 0 bridgehead atoms. The maximum absolute atomic E-state index is 11.3. The summed E-state index contributed by atoms with van der Waals surface area (Å²) in [5.74, 6) is 1.36. The lowest BCUT2D eigenvalue weighted by Gasteiger charge is -2.21. The molecule has 24 heavy (non-hydrogen) atoms. The van der Waals surface area contributed by atoms with Crippen molar-refractivity contribution in [1.29, 1.82) is 0 Å². The van der Waals surface area contributed by atoms with Crippen molar-refractivity contribution in [3.63, 3.8) is 0 Å². The molecule has 132 valence electrons. The minimum absolute atomic E-state index is 0.102. The van der Waals surface area contributed by atoms with E-state index >= 15 is 0 Å². The molecule has 6 heteroatoms. The van der Waals surface area contributed by atoms with Gasteiger partial charge in [0.25, 0.3) is 0 Å². The van der Waals surface area contributed by atoms with Gasteiger partial charge in [-0.1, -0.05) is 13.3 Å². The highest BCUT2D eigenvalue weighted by atomic mass is 16.5. The Morgan fingerprint density at radius 1 is 1.25 bits per heavy atom. The molecule has 2 rings (SSSR count). The third-order valence-electron chi connectivity index (χ3n) is 3.49. The second-order valence-electron chi connectivity index (χ2n) is 5.32. The van der Waals surface area contributed by atoms with E-state index in [2.05, 4.69) is 6.92 Å². The van der Waals surface area contributed by atoms with Gasteiger partial charge in [-0.15, -0.1) is 0 Å². The topological polar surface area (TPSA) is 74.2 Å². The van der Waals surface area contributed by atoms with Crippen LogP contribution in [0.2, 0.25) is 0 Å². The van der Waals surface area contributed by atoms with Crippen LogP contribution < -0.4 is 9.47 Å². The molecule has 1 aromatic rings. The molecule has 1 aliphatic rings. The quantitative estimate of drug-likeness (QED) is 0.550. The lowest BCUT2D eigenvalue weighted by molar-refractivity contribution is -0.143. The average molecular weight is 336 g/mol. The third kappa shape index (κ3) is 4.81. The van der Waals surface area contributed by atoms with Crippen LogP contribution in [-0.4, -0.2) is 37.5 Å². The average Bonchev–Trinajstić information content (AvgIpc) is 2.57. The van der Waals surface area contributed by atoms with Crippen molar-refractivity contribution < 1.29 is 28.8 Å². The highest BCUT2D eigenvalue weighted by Crippen LogP contribution is 2.34. The molecule has 0 aliphatic carbocycles. The first kappa shape index (κ1) is 18.0. The zero-order valence-corrected chi connectivity index (χ0v) is 14.2. The summed E-state index contributed by atoms with van der Waals surface area (Å²) in [6, 6.07) is 5.13.